The number of aliphatic hydroxyl groups excluding tert-OH is 1. The molecule has 38 heavy (non-hydrogen) atoms. The molecule has 9 atom stereocenters. The number of hydrogen-bond acceptors (Lipinski definition) is 2. The number of benzene rings is 1. The summed E-state index contributed by atoms with van der Waals surface area (Å²) in [5, 5.41) is 11.8. The van der Waals surface area contributed by atoms with E-state index < -0.39 is 0 Å². The van der Waals surface area contributed by atoms with Crippen molar-refractivity contribution in [1.82, 2.24) is 4.48 Å². The molecule has 0 amide bonds. The molecule has 1 aromatic rings. The standard InChI is InChI=1S/C32H52N2O2.2HI/c1-31-15-13-25(33(3,4)24-9-7-6-8-10-24)21-23(31)11-12-26-27(31)14-16-32(2)28(26)22-29(30(32)35)34(5)17-19-36-20-18-34;;/h6-10,23,25-30,35H,11-22H2,1-5H3;2*1H/q+2;;/p-2/t23-,25-,26+,27-,28-,29-,30-,31-,32-;;/m0../s1. The number of rotatable bonds is 3. The van der Waals surface area contributed by atoms with E-state index in [0.717, 1.165) is 59.1 Å². The monoisotopic (exact) mass is 750 g/mol. The summed E-state index contributed by atoms with van der Waals surface area (Å²) in [5.41, 5.74) is 2.05. The summed E-state index contributed by atoms with van der Waals surface area (Å²) in [6, 6.07) is 12.3. The Hall–Kier alpha value is 0.520. The maximum atomic E-state index is 11.8. The van der Waals surface area contributed by atoms with Crippen LogP contribution in [0.1, 0.15) is 65.2 Å². The zero-order valence-electron chi connectivity index (χ0n) is 24.4. The molecule has 6 rings (SSSR count). The van der Waals surface area contributed by atoms with Gasteiger partial charge < -0.3 is 62.3 Å². The molecule has 0 spiro atoms. The molecule has 216 valence electrons. The minimum Gasteiger partial charge on any atom is -1.00 e. The Kier molecular flexibility index (Phi) is 9.36. The Morgan fingerprint density at radius 3 is 2.21 bits per heavy atom. The molecule has 0 unspecified atom stereocenters. The van der Waals surface area contributed by atoms with E-state index in [1.54, 1.807) is 0 Å². The van der Waals surface area contributed by atoms with Crippen LogP contribution in [0, 0.1) is 34.5 Å². The van der Waals surface area contributed by atoms with Gasteiger partial charge in [0, 0.05) is 24.7 Å². The molecule has 5 fully saturated rings. The van der Waals surface area contributed by atoms with Crippen molar-refractivity contribution in [1.29, 1.82) is 0 Å². The van der Waals surface area contributed by atoms with E-state index in [1.165, 1.54) is 57.1 Å². The topological polar surface area (TPSA) is 29.5 Å². The fraction of sp³-hybridized carbons (Fsp3) is 0.812. The summed E-state index contributed by atoms with van der Waals surface area (Å²) in [5.74, 6) is 3.21. The van der Waals surface area contributed by atoms with Crippen molar-refractivity contribution in [2.45, 2.75) is 83.4 Å². The number of nitrogens with zero attached hydrogens (tertiary/aromatic N) is 2. The molecular weight excluding hydrogens is 698 g/mol. The molecule has 0 bridgehead atoms. The van der Waals surface area contributed by atoms with Gasteiger partial charge >= 0.3 is 0 Å². The Morgan fingerprint density at radius 1 is 0.868 bits per heavy atom. The summed E-state index contributed by atoms with van der Waals surface area (Å²) in [4.78, 5) is 0. The van der Waals surface area contributed by atoms with Gasteiger partial charge in [0.1, 0.15) is 30.9 Å². The van der Waals surface area contributed by atoms with E-state index in [-0.39, 0.29) is 59.5 Å². The summed E-state index contributed by atoms with van der Waals surface area (Å²) >= 11 is 0. The van der Waals surface area contributed by atoms with Crippen LogP contribution in [0.25, 0.3) is 0 Å². The molecular formula is C32H52I2N2O2. The Morgan fingerprint density at radius 2 is 1.53 bits per heavy atom. The average Bonchev–Trinajstić information content (AvgIpc) is 3.16. The van der Waals surface area contributed by atoms with Crippen molar-refractivity contribution in [3.05, 3.63) is 30.3 Å². The summed E-state index contributed by atoms with van der Waals surface area (Å²) in [6.45, 7) is 8.99. The van der Waals surface area contributed by atoms with Gasteiger partial charge in [0.05, 0.1) is 40.4 Å². The van der Waals surface area contributed by atoms with Crippen LogP contribution in [0.2, 0.25) is 0 Å². The number of likely N-dealkylation sites (N-methyl/N-ethyl adjacent to an activating group) is 1. The van der Waals surface area contributed by atoms with Crippen molar-refractivity contribution >= 4 is 5.69 Å². The lowest BCUT2D eigenvalue weighted by Crippen LogP contribution is -3.00. The van der Waals surface area contributed by atoms with Crippen LogP contribution in [0.4, 0.5) is 5.69 Å². The van der Waals surface area contributed by atoms with Gasteiger partial charge in [-0.15, -0.1) is 0 Å². The number of hydrogen-bond donors (Lipinski definition) is 1. The number of fused-ring (bicyclic) bond motifs is 5. The normalized spacial score (nSPS) is 44.0. The maximum Gasteiger partial charge on any atom is 0.132 e. The van der Waals surface area contributed by atoms with Gasteiger partial charge in [-0.3, -0.25) is 4.48 Å². The number of quaternary nitrogens is 2. The predicted molar refractivity (Wildman–Crippen MR) is 148 cm³/mol. The zero-order chi connectivity index (χ0) is 25.3. The van der Waals surface area contributed by atoms with E-state index in [0.29, 0.717) is 17.4 Å². The Labute approximate surface area is 266 Å². The van der Waals surface area contributed by atoms with Crippen molar-refractivity contribution in [3.8, 4) is 0 Å². The predicted octanol–water partition coefficient (Wildman–Crippen LogP) is -0.511. The van der Waals surface area contributed by atoms with E-state index >= 15 is 0 Å². The molecule has 4 nitrogen and oxygen atoms in total. The third-order valence-electron chi connectivity index (χ3n) is 13.2. The average molecular weight is 751 g/mol. The van der Waals surface area contributed by atoms with E-state index in [4.69, 9.17) is 4.74 Å². The summed E-state index contributed by atoms with van der Waals surface area (Å²) in [6.07, 6.45) is 10.5. The molecule has 1 aliphatic heterocycles. The lowest BCUT2D eigenvalue weighted by Gasteiger charge is -2.61. The molecule has 0 aromatic heterocycles. The molecule has 1 heterocycles. The Balaban J connectivity index is 0.00000168. The van der Waals surface area contributed by atoms with Crippen molar-refractivity contribution in [2.75, 3.05) is 47.4 Å². The Bertz CT molecular complexity index is 954. The highest BCUT2D eigenvalue weighted by molar-refractivity contribution is 5.42. The highest BCUT2D eigenvalue weighted by Gasteiger charge is 2.65. The van der Waals surface area contributed by atoms with Crippen LogP contribution in [-0.4, -0.2) is 75.2 Å². The lowest BCUT2D eigenvalue weighted by molar-refractivity contribution is -0.943. The highest BCUT2D eigenvalue weighted by Crippen LogP contribution is 2.67. The highest BCUT2D eigenvalue weighted by atomic mass is 127. The van der Waals surface area contributed by atoms with Gasteiger partial charge in [0.2, 0.25) is 0 Å². The van der Waals surface area contributed by atoms with Gasteiger partial charge in [-0.25, -0.2) is 0 Å². The second-order valence-corrected chi connectivity index (χ2v) is 14.8. The second-order valence-electron chi connectivity index (χ2n) is 14.8. The van der Waals surface area contributed by atoms with E-state index in [2.05, 4.69) is 65.3 Å². The first kappa shape index (κ1) is 31.5. The van der Waals surface area contributed by atoms with Crippen molar-refractivity contribution in [3.63, 3.8) is 0 Å². The number of ether oxygens (including phenoxy) is 1. The van der Waals surface area contributed by atoms with Gasteiger partial charge in [-0.1, -0.05) is 32.0 Å². The molecule has 6 heteroatoms. The maximum absolute atomic E-state index is 11.8. The lowest BCUT2D eigenvalue weighted by atomic mass is 9.45. The molecule has 4 saturated carbocycles. The zero-order valence-corrected chi connectivity index (χ0v) is 28.7. The van der Waals surface area contributed by atoms with E-state index in [9.17, 15) is 5.11 Å². The molecule has 1 aromatic carbocycles. The summed E-state index contributed by atoms with van der Waals surface area (Å²) in [7, 11) is 7.28. The largest absolute Gasteiger partial charge is 1.00 e. The number of halogens is 2. The van der Waals surface area contributed by atoms with Gasteiger partial charge in [0.15, 0.2) is 0 Å². The second kappa shape index (κ2) is 11.3. The van der Waals surface area contributed by atoms with Crippen LogP contribution in [0.5, 0.6) is 0 Å². The summed E-state index contributed by atoms with van der Waals surface area (Å²) < 4.78 is 7.77. The third-order valence-corrected chi connectivity index (χ3v) is 13.2. The molecule has 4 aliphatic carbocycles. The number of aliphatic hydroxyl groups is 1. The van der Waals surface area contributed by atoms with Crippen LogP contribution >= 0.6 is 0 Å². The fourth-order valence-electron chi connectivity index (χ4n) is 10.5. The number of para-hydroxylation sites is 1. The quantitative estimate of drug-likeness (QED) is 0.334. The van der Waals surface area contributed by atoms with Crippen molar-refractivity contribution < 1.29 is 62.3 Å². The molecule has 1 saturated heterocycles. The minimum absolute atomic E-state index is 0. The van der Waals surface area contributed by atoms with Crippen molar-refractivity contribution in [2.24, 2.45) is 34.5 Å². The first-order valence-electron chi connectivity index (χ1n) is 15.1. The van der Waals surface area contributed by atoms with Crippen LogP contribution in [-0.2, 0) is 4.74 Å². The third kappa shape index (κ3) is 4.84. The molecule has 5 aliphatic rings. The number of morpholine rings is 1. The fourth-order valence-corrected chi connectivity index (χ4v) is 10.5. The van der Waals surface area contributed by atoms with Gasteiger partial charge in [0.25, 0.3) is 0 Å². The first-order chi connectivity index (χ1) is 17.1. The minimum atomic E-state index is -0.156. The van der Waals surface area contributed by atoms with E-state index in [1.807, 2.05) is 0 Å². The SMILES string of the molecule is C[C@]12CC[C@H]([N+](C)(C)c3ccccc3)C[C@@H]1CC[C@@H]1[C@@H]2CC[C@]2(C)[C@@H](O)[C@@H]([N+]3(C)CCOCC3)C[C@@H]12.[I-].[I-]. The van der Waals surface area contributed by atoms with Gasteiger partial charge in [-0.2, -0.15) is 0 Å². The van der Waals surface area contributed by atoms with Crippen LogP contribution in [0.3, 0.4) is 0 Å². The smallest absolute Gasteiger partial charge is 0.132 e. The molecule has 0 radical (unpaired) electrons. The molecule has 1 N–H and O–H groups in total. The van der Waals surface area contributed by atoms with Gasteiger partial charge in [-0.05, 0) is 73.3 Å². The first-order valence-corrected chi connectivity index (χ1v) is 15.1. The van der Waals surface area contributed by atoms with Crippen LogP contribution < -0.4 is 52.4 Å². The van der Waals surface area contributed by atoms with Crippen LogP contribution in [0.15, 0.2) is 30.3 Å².